The topological polar surface area (TPSA) is 25.8 Å². The average Bonchev–Trinajstić information content (AvgIpc) is 2.05. The number of hydrogen-bond acceptors (Lipinski definition) is 2. The Hall–Kier alpha value is -1.36. The van der Waals surface area contributed by atoms with Crippen molar-refractivity contribution in [2.24, 2.45) is 0 Å². The van der Waals surface area contributed by atoms with Crippen LogP contribution in [0.25, 0.3) is 0 Å². The van der Waals surface area contributed by atoms with Crippen molar-refractivity contribution in [2.45, 2.75) is 26.2 Å². The molecule has 0 aliphatic rings. The molecule has 0 bridgehead atoms. The summed E-state index contributed by atoms with van der Waals surface area (Å²) in [5.41, 5.74) is 1.43. The van der Waals surface area contributed by atoms with Crippen LogP contribution in [0.4, 0.5) is 0 Å². The minimum atomic E-state index is -0.319. The minimum absolute atomic E-state index is 0.319. The molecule has 0 unspecified atom stereocenters. The lowest BCUT2D eigenvalue weighted by Gasteiger charge is -2.15. The van der Waals surface area contributed by atoms with Crippen LogP contribution in [0.1, 0.15) is 25.2 Å². The van der Waals surface area contributed by atoms with E-state index >= 15 is 0 Å². The summed E-state index contributed by atoms with van der Waals surface area (Å²) in [6.45, 7) is 5.80. The van der Waals surface area contributed by atoms with E-state index in [-0.39, 0.29) is 5.41 Å². The van der Waals surface area contributed by atoms with Gasteiger partial charge in [-0.25, -0.2) is 0 Å². The van der Waals surface area contributed by atoms with Crippen molar-refractivity contribution in [2.75, 3.05) is 0 Å². The molecule has 0 N–H and O–H groups in total. The molecule has 0 radical (unpaired) electrons. The van der Waals surface area contributed by atoms with E-state index in [1.54, 1.807) is 12.4 Å². The summed E-state index contributed by atoms with van der Waals surface area (Å²) in [5, 5.41) is 0. The van der Waals surface area contributed by atoms with Crippen molar-refractivity contribution in [3.05, 3.63) is 23.8 Å². The predicted molar refractivity (Wildman–Crippen MR) is 48.6 cm³/mol. The SMILES string of the molecule is C#CC(C)(C)c1cnc(C)cn1. The van der Waals surface area contributed by atoms with Crippen molar-refractivity contribution < 1.29 is 0 Å². The van der Waals surface area contributed by atoms with Gasteiger partial charge in [0.1, 0.15) is 0 Å². The van der Waals surface area contributed by atoms with E-state index in [4.69, 9.17) is 6.42 Å². The predicted octanol–water partition coefficient (Wildman–Crippen LogP) is 1.70. The molecule has 2 nitrogen and oxygen atoms in total. The molecule has 0 aliphatic carbocycles. The monoisotopic (exact) mass is 160 g/mol. The van der Waals surface area contributed by atoms with Crippen LogP contribution in [0.15, 0.2) is 12.4 Å². The fraction of sp³-hybridized carbons (Fsp3) is 0.400. The Morgan fingerprint density at radius 3 is 2.42 bits per heavy atom. The highest BCUT2D eigenvalue weighted by molar-refractivity contribution is 5.23. The van der Waals surface area contributed by atoms with Crippen LogP contribution in [0.2, 0.25) is 0 Å². The Labute approximate surface area is 73.1 Å². The third-order valence-electron chi connectivity index (χ3n) is 1.78. The zero-order valence-electron chi connectivity index (χ0n) is 7.63. The molecule has 1 rings (SSSR count). The molecule has 62 valence electrons. The van der Waals surface area contributed by atoms with Gasteiger partial charge in [-0.2, -0.15) is 0 Å². The van der Waals surface area contributed by atoms with Gasteiger partial charge in [-0.3, -0.25) is 9.97 Å². The second kappa shape index (κ2) is 2.94. The molecule has 0 saturated heterocycles. The molecular formula is C10H12N2. The van der Waals surface area contributed by atoms with Crippen molar-refractivity contribution in [1.82, 2.24) is 9.97 Å². The zero-order valence-corrected chi connectivity index (χ0v) is 7.63. The Bertz CT molecular complexity index is 304. The van der Waals surface area contributed by atoms with Gasteiger partial charge in [-0.05, 0) is 20.8 Å². The van der Waals surface area contributed by atoms with Crippen LogP contribution in [0.3, 0.4) is 0 Å². The Balaban J connectivity index is 3.07. The maximum atomic E-state index is 5.36. The highest BCUT2D eigenvalue weighted by Crippen LogP contribution is 2.18. The van der Waals surface area contributed by atoms with Gasteiger partial charge in [-0.1, -0.05) is 5.92 Å². The standard InChI is InChI=1S/C10H12N2/c1-5-10(3,4)9-7-11-8(2)6-12-9/h1,6-7H,2-4H3. The van der Waals surface area contributed by atoms with Crippen LogP contribution >= 0.6 is 0 Å². The first-order valence-corrected chi connectivity index (χ1v) is 3.83. The van der Waals surface area contributed by atoms with E-state index < -0.39 is 0 Å². The molecule has 12 heavy (non-hydrogen) atoms. The molecule has 0 spiro atoms. The lowest BCUT2D eigenvalue weighted by molar-refractivity contribution is 0.663. The Morgan fingerprint density at radius 2 is 2.00 bits per heavy atom. The second-order valence-electron chi connectivity index (χ2n) is 3.31. The maximum Gasteiger partial charge on any atom is 0.0762 e. The normalized spacial score (nSPS) is 10.8. The van der Waals surface area contributed by atoms with Gasteiger partial charge < -0.3 is 0 Å². The van der Waals surface area contributed by atoms with Crippen LogP contribution in [-0.4, -0.2) is 9.97 Å². The molecule has 0 amide bonds. The number of aryl methyl sites for hydroxylation is 1. The molecule has 0 fully saturated rings. The first kappa shape index (κ1) is 8.73. The van der Waals surface area contributed by atoms with Gasteiger partial charge in [0, 0.05) is 6.20 Å². The van der Waals surface area contributed by atoms with Crippen LogP contribution in [-0.2, 0) is 5.41 Å². The molecule has 0 saturated carbocycles. The molecule has 0 aliphatic heterocycles. The third kappa shape index (κ3) is 1.62. The van der Waals surface area contributed by atoms with Crippen molar-refractivity contribution in [1.29, 1.82) is 0 Å². The lowest BCUT2D eigenvalue weighted by Crippen LogP contribution is -2.16. The summed E-state index contributed by atoms with van der Waals surface area (Å²) in [7, 11) is 0. The summed E-state index contributed by atoms with van der Waals surface area (Å²) >= 11 is 0. The van der Waals surface area contributed by atoms with Gasteiger partial charge in [0.05, 0.1) is 23.0 Å². The summed E-state index contributed by atoms with van der Waals surface area (Å²) in [4.78, 5) is 8.35. The van der Waals surface area contributed by atoms with Crippen molar-refractivity contribution >= 4 is 0 Å². The average molecular weight is 160 g/mol. The van der Waals surface area contributed by atoms with Gasteiger partial charge in [0.25, 0.3) is 0 Å². The van der Waals surface area contributed by atoms with E-state index in [1.807, 2.05) is 20.8 Å². The summed E-state index contributed by atoms with van der Waals surface area (Å²) in [6, 6.07) is 0. The van der Waals surface area contributed by atoms with Gasteiger partial charge in [0.2, 0.25) is 0 Å². The van der Waals surface area contributed by atoms with Gasteiger partial charge >= 0.3 is 0 Å². The van der Waals surface area contributed by atoms with Crippen molar-refractivity contribution in [3.8, 4) is 12.3 Å². The highest BCUT2D eigenvalue weighted by Gasteiger charge is 2.18. The molecular weight excluding hydrogens is 148 g/mol. The Morgan fingerprint density at radius 1 is 1.33 bits per heavy atom. The first-order valence-electron chi connectivity index (χ1n) is 3.83. The maximum absolute atomic E-state index is 5.36. The van der Waals surface area contributed by atoms with E-state index in [9.17, 15) is 0 Å². The number of nitrogens with zero attached hydrogens (tertiary/aromatic N) is 2. The van der Waals surface area contributed by atoms with E-state index in [0.717, 1.165) is 11.4 Å². The molecule has 2 heteroatoms. The van der Waals surface area contributed by atoms with Crippen LogP contribution in [0.5, 0.6) is 0 Å². The fourth-order valence-electron chi connectivity index (χ4n) is 0.789. The molecule has 0 atom stereocenters. The quantitative estimate of drug-likeness (QED) is 0.584. The fourth-order valence-corrected chi connectivity index (χ4v) is 0.789. The lowest BCUT2D eigenvalue weighted by atomic mass is 9.91. The largest absolute Gasteiger partial charge is 0.258 e. The molecule has 0 aromatic carbocycles. The summed E-state index contributed by atoms with van der Waals surface area (Å²) < 4.78 is 0. The highest BCUT2D eigenvalue weighted by atomic mass is 14.8. The number of hydrogen-bond donors (Lipinski definition) is 0. The summed E-state index contributed by atoms with van der Waals surface area (Å²) in [5.74, 6) is 2.67. The number of aromatic nitrogens is 2. The van der Waals surface area contributed by atoms with E-state index in [1.165, 1.54) is 0 Å². The third-order valence-corrected chi connectivity index (χ3v) is 1.78. The van der Waals surface area contributed by atoms with E-state index in [0.29, 0.717) is 0 Å². The summed E-state index contributed by atoms with van der Waals surface area (Å²) in [6.07, 6.45) is 8.82. The van der Waals surface area contributed by atoms with Gasteiger partial charge in [-0.15, -0.1) is 6.42 Å². The molecule has 1 aromatic rings. The smallest absolute Gasteiger partial charge is 0.0762 e. The molecule has 1 aromatic heterocycles. The Kier molecular flexibility index (Phi) is 2.14. The van der Waals surface area contributed by atoms with Crippen LogP contribution < -0.4 is 0 Å². The van der Waals surface area contributed by atoms with Crippen molar-refractivity contribution in [3.63, 3.8) is 0 Å². The number of rotatable bonds is 1. The minimum Gasteiger partial charge on any atom is -0.258 e. The second-order valence-corrected chi connectivity index (χ2v) is 3.31. The molecule has 1 heterocycles. The van der Waals surface area contributed by atoms with Gasteiger partial charge in [0.15, 0.2) is 0 Å². The first-order chi connectivity index (χ1) is 5.56. The number of terminal acetylenes is 1. The van der Waals surface area contributed by atoms with E-state index in [2.05, 4.69) is 15.9 Å². The zero-order chi connectivity index (χ0) is 9.19. The van der Waals surface area contributed by atoms with Crippen LogP contribution in [0, 0.1) is 19.3 Å².